The number of carbonyl (C=O) groups is 2. The first kappa shape index (κ1) is 14.3. The Morgan fingerprint density at radius 3 is 2.59 bits per heavy atom. The number of hydrogen-bond acceptors (Lipinski definition) is 5. The highest BCUT2D eigenvalue weighted by Gasteiger charge is 2.26. The zero-order valence-electron chi connectivity index (χ0n) is 12.3. The Morgan fingerprint density at radius 1 is 1.14 bits per heavy atom. The standard InChI is InChI=1S/C14H17N5O3/c1-2-22-14(21)18-9-7-17(8-10-18)13(20)11-3-5-15-12-4-6-16-19(11)12/h3-6H,2,7-10H2,1H3. The zero-order chi connectivity index (χ0) is 15.5. The highest BCUT2D eigenvalue weighted by Crippen LogP contribution is 2.10. The third kappa shape index (κ3) is 2.59. The number of amides is 2. The van der Waals surface area contributed by atoms with Gasteiger partial charge in [-0.3, -0.25) is 4.79 Å². The SMILES string of the molecule is CCOC(=O)N1CCN(C(=O)c2ccnc3ccnn23)CC1. The second kappa shape index (κ2) is 6.00. The summed E-state index contributed by atoms with van der Waals surface area (Å²) in [6.07, 6.45) is 2.88. The maximum atomic E-state index is 12.6. The lowest BCUT2D eigenvalue weighted by atomic mass is 10.2. The molecule has 0 aromatic carbocycles. The predicted molar refractivity (Wildman–Crippen MR) is 77.5 cm³/mol. The molecule has 2 amide bonds. The number of aromatic nitrogens is 3. The number of carbonyl (C=O) groups excluding carboxylic acids is 2. The van der Waals surface area contributed by atoms with Crippen LogP contribution < -0.4 is 0 Å². The van der Waals surface area contributed by atoms with Gasteiger partial charge in [-0.1, -0.05) is 0 Å². The molecule has 0 saturated carbocycles. The summed E-state index contributed by atoms with van der Waals surface area (Å²) < 4.78 is 6.50. The van der Waals surface area contributed by atoms with Crippen molar-refractivity contribution >= 4 is 17.6 Å². The van der Waals surface area contributed by atoms with E-state index in [0.29, 0.717) is 44.1 Å². The lowest BCUT2D eigenvalue weighted by Gasteiger charge is -2.34. The van der Waals surface area contributed by atoms with Crippen LogP contribution in [0.4, 0.5) is 4.79 Å². The minimum atomic E-state index is -0.326. The van der Waals surface area contributed by atoms with E-state index in [4.69, 9.17) is 4.74 Å². The van der Waals surface area contributed by atoms with Crippen molar-refractivity contribution in [2.75, 3.05) is 32.8 Å². The van der Waals surface area contributed by atoms with E-state index in [0.717, 1.165) is 0 Å². The summed E-state index contributed by atoms with van der Waals surface area (Å²) >= 11 is 0. The van der Waals surface area contributed by atoms with E-state index < -0.39 is 0 Å². The number of rotatable bonds is 2. The molecule has 1 aliphatic heterocycles. The molecule has 1 saturated heterocycles. The molecule has 0 spiro atoms. The van der Waals surface area contributed by atoms with Crippen molar-refractivity contribution in [3.05, 3.63) is 30.2 Å². The van der Waals surface area contributed by atoms with Crippen molar-refractivity contribution < 1.29 is 14.3 Å². The van der Waals surface area contributed by atoms with Gasteiger partial charge >= 0.3 is 6.09 Å². The predicted octanol–water partition coefficient (Wildman–Crippen LogP) is 0.644. The van der Waals surface area contributed by atoms with Gasteiger partial charge in [0.05, 0.1) is 12.8 Å². The van der Waals surface area contributed by atoms with Crippen molar-refractivity contribution in [1.29, 1.82) is 0 Å². The summed E-state index contributed by atoms with van der Waals surface area (Å²) in [5, 5.41) is 4.12. The molecule has 8 nitrogen and oxygen atoms in total. The van der Waals surface area contributed by atoms with Crippen LogP contribution in [0.5, 0.6) is 0 Å². The van der Waals surface area contributed by atoms with E-state index in [-0.39, 0.29) is 12.0 Å². The molecule has 1 fully saturated rings. The number of fused-ring (bicyclic) bond motifs is 1. The molecular weight excluding hydrogens is 286 g/mol. The van der Waals surface area contributed by atoms with Crippen LogP contribution in [-0.2, 0) is 4.74 Å². The van der Waals surface area contributed by atoms with Crippen molar-refractivity contribution in [3.63, 3.8) is 0 Å². The summed E-state index contributed by atoms with van der Waals surface area (Å²) in [5.74, 6) is -0.111. The molecule has 0 aliphatic carbocycles. The molecule has 22 heavy (non-hydrogen) atoms. The molecule has 0 N–H and O–H groups in total. The normalized spacial score (nSPS) is 15.1. The fourth-order valence-corrected chi connectivity index (χ4v) is 2.47. The highest BCUT2D eigenvalue weighted by molar-refractivity contribution is 5.93. The third-order valence-electron chi connectivity index (χ3n) is 3.60. The molecule has 2 aromatic heterocycles. The molecule has 0 bridgehead atoms. The lowest BCUT2D eigenvalue weighted by molar-refractivity contribution is 0.0563. The van der Waals surface area contributed by atoms with E-state index >= 15 is 0 Å². The molecule has 0 atom stereocenters. The lowest BCUT2D eigenvalue weighted by Crippen LogP contribution is -2.51. The summed E-state index contributed by atoms with van der Waals surface area (Å²) in [6.45, 7) is 4.02. The molecule has 3 rings (SSSR count). The van der Waals surface area contributed by atoms with Gasteiger partial charge in [-0.25, -0.2) is 14.3 Å². The van der Waals surface area contributed by atoms with Gasteiger partial charge < -0.3 is 14.5 Å². The number of ether oxygens (including phenoxy) is 1. The topological polar surface area (TPSA) is 80.0 Å². The molecule has 0 radical (unpaired) electrons. The fraction of sp³-hybridized carbons (Fsp3) is 0.429. The van der Waals surface area contributed by atoms with Crippen LogP contribution in [0.1, 0.15) is 17.4 Å². The molecular formula is C14H17N5O3. The quantitative estimate of drug-likeness (QED) is 0.813. The van der Waals surface area contributed by atoms with E-state index in [2.05, 4.69) is 10.1 Å². The molecule has 2 aromatic rings. The van der Waals surface area contributed by atoms with Crippen molar-refractivity contribution in [3.8, 4) is 0 Å². The van der Waals surface area contributed by atoms with Crippen LogP contribution in [0.25, 0.3) is 5.65 Å². The highest BCUT2D eigenvalue weighted by atomic mass is 16.6. The van der Waals surface area contributed by atoms with Crippen LogP contribution in [-0.4, -0.2) is 69.2 Å². The first-order valence-corrected chi connectivity index (χ1v) is 7.20. The number of nitrogens with zero attached hydrogens (tertiary/aromatic N) is 5. The van der Waals surface area contributed by atoms with E-state index in [1.807, 2.05) is 0 Å². The Bertz CT molecular complexity index is 691. The van der Waals surface area contributed by atoms with Crippen LogP contribution in [0.3, 0.4) is 0 Å². The van der Waals surface area contributed by atoms with E-state index in [1.54, 1.807) is 41.2 Å². The molecule has 8 heteroatoms. The molecule has 3 heterocycles. The smallest absolute Gasteiger partial charge is 0.409 e. The van der Waals surface area contributed by atoms with Gasteiger partial charge in [-0.15, -0.1) is 0 Å². The van der Waals surface area contributed by atoms with Crippen molar-refractivity contribution in [2.24, 2.45) is 0 Å². The van der Waals surface area contributed by atoms with Gasteiger partial charge in [0.25, 0.3) is 5.91 Å². The maximum Gasteiger partial charge on any atom is 0.409 e. The minimum absolute atomic E-state index is 0.111. The molecule has 116 valence electrons. The minimum Gasteiger partial charge on any atom is -0.450 e. The van der Waals surface area contributed by atoms with Gasteiger partial charge in [0, 0.05) is 38.4 Å². The van der Waals surface area contributed by atoms with Crippen LogP contribution in [0, 0.1) is 0 Å². The Hall–Kier alpha value is -2.64. The van der Waals surface area contributed by atoms with Gasteiger partial charge in [0.2, 0.25) is 0 Å². The fourth-order valence-electron chi connectivity index (χ4n) is 2.47. The summed E-state index contributed by atoms with van der Waals surface area (Å²) in [7, 11) is 0. The van der Waals surface area contributed by atoms with Crippen molar-refractivity contribution in [1.82, 2.24) is 24.4 Å². The Morgan fingerprint density at radius 2 is 1.86 bits per heavy atom. The number of piperazine rings is 1. The van der Waals surface area contributed by atoms with Crippen LogP contribution in [0.2, 0.25) is 0 Å². The summed E-state index contributed by atoms with van der Waals surface area (Å²) in [4.78, 5) is 31.8. The maximum absolute atomic E-state index is 12.6. The first-order valence-electron chi connectivity index (χ1n) is 7.20. The van der Waals surface area contributed by atoms with E-state index in [1.165, 1.54) is 4.52 Å². The first-order chi connectivity index (χ1) is 10.7. The Labute approximate surface area is 127 Å². The van der Waals surface area contributed by atoms with Crippen molar-refractivity contribution in [2.45, 2.75) is 6.92 Å². The third-order valence-corrected chi connectivity index (χ3v) is 3.60. The van der Waals surface area contributed by atoms with Crippen LogP contribution >= 0.6 is 0 Å². The number of hydrogen-bond donors (Lipinski definition) is 0. The van der Waals surface area contributed by atoms with Gasteiger partial charge in [-0.2, -0.15) is 5.10 Å². The largest absolute Gasteiger partial charge is 0.450 e. The second-order valence-corrected chi connectivity index (χ2v) is 4.91. The van der Waals surface area contributed by atoms with Gasteiger partial charge in [0.1, 0.15) is 5.69 Å². The van der Waals surface area contributed by atoms with Gasteiger partial charge in [0.15, 0.2) is 5.65 Å². The molecule has 0 unspecified atom stereocenters. The second-order valence-electron chi connectivity index (χ2n) is 4.91. The Kier molecular flexibility index (Phi) is 3.90. The summed E-state index contributed by atoms with van der Waals surface area (Å²) in [5.41, 5.74) is 1.11. The Balaban J connectivity index is 1.70. The van der Waals surface area contributed by atoms with Gasteiger partial charge in [-0.05, 0) is 13.0 Å². The van der Waals surface area contributed by atoms with Crippen LogP contribution in [0.15, 0.2) is 24.5 Å². The monoisotopic (exact) mass is 303 g/mol. The average Bonchev–Trinajstić information content (AvgIpc) is 3.03. The zero-order valence-corrected chi connectivity index (χ0v) is 12.3. The average molecular weight is 303 g/mol. The van der Waals surface area contributed by atoms with E-state index in [9.17, 15) is 9.59 Å². The molecule has 1 aliphatic rings. The summed E-state index contributed by atoms with van der Waals surface area (Å²) in [6, 6.07) is 3.40.